The Morgan fingerprint density at radius 3 is 2.55 bits per heavy atom. The number of carboxylic acid groups (broad SMARTS) is 1. The zero-order valence-corrected chi connectivity index (χ0v) is 11.8. The Morgan fingerprint density at radius 2 is 2.00 bits per heavy atom. The van der Waals surface area contributed by atoms with Gasteiger partial charge in [0.1, 0.15) is 0 Å². The lowest BCUT2D eigenvalue weighted by Gasteiger charge is -2.08. The van der Waals surface area contributed by atoms with E-state index in [-0.39, 0.29) is 0 Å². The van der Waals surface area contributed by atoms with Crippen molar-refractivity contribution in [2.45, 2.75) is 12.0 Å². The molecule has 0 saturated carbocycles. The molecule has 0 saturated heterocycles. The van der Waals surface area contributed by atoms with E-state index >= 15 is 0 Å². The number of carbonyl (C=O) groups is 1. The lowest BCUT2D eigenvalue weighted by Crippen LogP contribution is -2.13. The lowest BCUT2D eigenvalue weighted by molar-refractivity contribution is 0.0656. The second-order valence-electron chi connectivity index (χ2n) is 3.99. The fourth-order valence-electron chi connectivity index (χ4n) is 1.52. The molecular formula is C12H10ClNO5S. The zero-order chi connectivity index (χ0) is 14.9. The molecule has 0 aliphatic carbocycles. The molecule has 2 aromatic rings. The van der Waals surface area contributed by atoms with Gasteiger partial charge < -0.3 is 9.52 Å². The highest BCUT2D eigenvalue weighted by Gasteiger charge is 2.21. The molecule has 2 rings (SSSR count). The normalized spacial score (nSPS) is 11.3. The third-order valence-corrected chi connectivity index (χ3v) is 3.96. The van der Waals surface area contributed by atoms with Crippen LogP contribution < -0.4 is 4.72 Å². The summed E-state index contributed by atoms with van der Waals surface area (Å²) in [5.41, 5.74) is 0.966. The monoisotopic (exact) mass is 315 g/mol. The molecule has 0 bridgehead atoms. The van der Waals surface area contributed by atoms with Crippen LogP contribution in [-0.2, 0) is 10.0 Å². The van der Waals surface area contributed by atoms with Crippen LogP contribution in [0.3, 0.4) is 0 Å². The minimum Gasteiger partial charge on any atom is -0.475 e. The number of sulfonamides is 1. The number of hydrogen-bond acceptors (Lipinski definition) is 4. The number of aryl methyl sites for hydroxylation is 1. The number of hydrogen-bond donors (Lipinski definition) is 2. The molecule has 2 N–H and O–H groups in total. The first-order valence-electron chi connectivity index (χ1n) is 5.42. The van der Waals surface area contributed by atoms with Crippen LogP contribution in [-0.4, -0.2) is 19.5 Å². The van der Waals surface area contributed by atoms with Crippen molar-refractivity contribution >= 4 is 33.3 Å². The molecule has 0 amide bonds. The molecule has 0 atom stereocenters. The number of halogens is 1. The number of nitrogens with one attached hydrogen (secondary N) is 1. The van der Waals surface area contributed by atoms with Gasteiger partial charge in [0.05, 0.1) is 5.69 Å². The maximum absolute atomic E-state index is 12.0. The maximum Gasteiger partial charge on any atom is 0.371 e. The standard InChI is InChI=1S/C12H10ClNO5S/c1-7-6-8(13)2-3-9(7)14-20(17,18)11-5-4-10(19-11)12(15)16/h2-6,14H,1H3,(H,15,16). The number of benzene rings is 1. The third kappa shape index (κ3) is 2.94. The lowest BCUT2D eigenvalue weighted by atomic mass is 10.2. The van der Waals surface area contributed by atoms with Gasteiger partial charge in [-0.1, -0.05) is 11.6 Å². The van der Waals surface area contributed by atoms with E-state index in [1.54, 1.807) is 13.0 Å². The second-order valence-corrected chi connectivity index (χ2v) is 6.04. The SMILES string of the molecule is Cc1cc(Cl)ccc1NS(=O)(=O)c1ccc(C(=O)O)o1. The maximum atomic E-state index is 12.0. The quantitative estimate of drug-likeness (QED) is 0.904. The van der Waals surface area contributed by atoms with E-state index in [9.17, 15) is 13.2 Å². The molecule has 0 aliphatic heterocycles. The van der Waals surface area contributed by atoms with E-state index in [2.05, 4.69) is 4.72 Å². The van der Waals surface area contributed by atoms with Crippen LogP contribution in [0.15, 0.2) is 39.8 Å². The van der Waals surface area contributed by atoms with E-state index in [4.69, 9.17) is 21.1 Å². The summed E-state index contributed by atoms with van der Waals surface area (Å²) in [6, 6.07) is 6.81. The van der Waals surface area contributed by atoms with Gasteiger partial charge in [-0.15, -0.1) is 0 Å². The van der Waals surface area contributed by atoms with Gasteiger partial charge in [0, 0.05) is 5.02 Å². The van der Waals surface area contributed by atoms with Crippen molar-refractivity contribution < 1.29 is 22.7 Å². The smallest absolute Gasteiger partial charge is 0.371 e. The summed E-state index contributed by atoms with van der Waals surface area (Å²) in [5.74, 6) is -1.78. The highest BCUT2D eigenvalue weighted by molar-refractivity contribution is 7.92. The van der Waals surface area contributed by atoms with Gasteiger partial charge in [-0.3, -0.25) is 4.72 Å². The highest BCUT2D eigenvalue weighted by Crippen LogP contribution is 2.23. The van der Waals surface area contributed by atoms with E-state index in [0.29, 0.717) is 16.3 Å². The Kier molecular flexibility index (Phi) is 3.74. The first-order valence-corrected chi connectivity index (χ1v) is 7.28. The molecule has 0 fully saturated rings. The third-order valence-electron chi connectivity index (χ3n) is 2.49. The number of anilines is 1. The van der Waals surface area contributed by atoms with Crippen molar-refractivity contribution in [2.75, 3.05) is 4.72 Å². The Labute approximate surface area is 120 Å². The van der Waals surface area contributed by atoms with Crippen LogP contribution in [0.25, 0.3) is 0 Å². The Hall–Kier alpha value is -1.99. The predicted octanol–water partition coefficient (Wildman–Crippen LogP) is 2.74. The van der Waals surface area contributed by atoms with Crippen LogP contribution >= 0.6 is 11.6 Å². The van der Waals surface area contributed by atoms with Crippen molar-refractivity contribution in [3.05, 3.63) is 46.7 Å². The van der Waals surface area contributed by atoms with Crippen molar-refractivity contribution in [2.24, 2.45) is 0 Å². The Morgan fingerprint density at radius 1 is 1.30 bits per heavy atom. The van der Waals surface area contributed by atoms with Gasteiger partial charge >= 0.3 is 5.97 Å². The van der Waals surface area contributed by atoms with Crippen molar-refractivity contribution in [3.63, 3.8) is 0 Å². The summed E-state index contributed by atoms with van der Waals surface area (Å²) >= 11 is 5.78. The summed E-state index contributed by atoms with van der Waals surface area (Å²) in [7, 11) is -3.98. The summed E-state index contributed by atoms with van der Waals surface area (Å²) in [5, 5.41) is 8.72. The first kappa shape index (κ1) is 14.4. The number of furan rings is 1. The summed E-state index contributed by atoms with van der Waals surface area (Å²) in [6.45, 7) is 1.69. The molecule has 1 aromatic heterocycles. The van der Waals surface area contributed by atoms with E-state index in [0.717, 1.165) is 12.1 Å². The highest BCUT2D eigenvalue weighted by atomic mass is 35.5. The topological polar surface area (TPSA) is 96.6 Å². The van der Waals surface area contributed by atoms with Crippen LogP contribution in [0.1, 0.15) is 16.1 Å². The zero-order valence-electron chi connectivity index (χ0n) is 10.3. The Bertz CT molecular complexity index is 766. The summed E-state index contributed by atoms with van der Waals surface area (Å²) in [6.07, 6.45) is 0. The number of carboxylic acids is 1. The fraction of sp³-hybridized carbons (Fsp3) is 0.0833. The van der Waals surface area contributed by atoms with Gasteiger partial charge in [0.15, 0.2) is 0 Å². The van der Waals surface area contributed by atoms with Gasteiger partial charge in [-0.05, 0) is 42.8 Å². The fourth-order valence-corrected chi connectivity index (χ4v) is 2.81. The average molecular weight is 316 g/mol. The predicted molar refractivity (Wildman–Crippen MR) is 72.7 cm³/mol. The molecule has 0 radical (unpaired) electrons. The van der Waals surface area contributed by atoms with Gasteiger partial charge in [-0.25, -0.2) is 4.79 Å². The minimum atomic E-state index is -3.98. The molecular weight excluding hydrogens is 306 g/mol. The second kappa shape index (κ2) is 5.18. The van der Waals surface area contributed by atoms with Gasteiger partial charge in [-0.2, -0.15) is 8.42 Å². The number of rotatable bonds is 4. The largest absolute Gasteiger partial charge is 0.475 e. The minimum absolute atomic E-state index is 0.336. The molecule has 1 aromatic carbocycles. The van der Waals surface area contributed by atoms with Crippen LogP contribution in [0.4, 0.5) is 5.69 Å². The van der Waals surface area contributed by atoms with E-state index in [1.165, 1.54) is 12.1 Å². The van der Waals surface area contributed by atoms with Crippen molar-refractivity contribution in [1.29, 1.82) is 0 Å². The van der Waals surface area contributed by atoms with Gasteiger partial charge in [0.25, 0.3) is 10.0 Å². The van der Waals surface area contributed by atoms with Crippen LogP contribution in [0, 0.1) is 6.92 Å². The summed E-state index contributed by atoms with van der Waals surface area (Å²) in [4.78, 5) is 10.7. The average Bonchev–Trinajstić information content (AvgIpc) is 2.83. The first-order chi connectivity index (χ1) is 9.29. The Balaban J connectivity index is 2.33. The van der Waals surface area contributed by atoms with Crippen LogP contribution in [0.2, 0.25) is 5.02 Å². The molecule has 1 heterocycles. The van der Waals surface area contributed by atoms with E-state index in [1.807, 2.05) is 0 Å². The van der Waals surface area contributed by atoms with Crippen LogP contribution in [0.5, 0.6) is 0 Å². The molecule has 8 heteroatoms. The molecule has 0 spiro atoms. The summed E-state index contributed by atoms with van der Waals surface area (Å²) < 4.78 is 31.2. The molecule has 20 heavy (non-hydrogen) atoms. The van der Waals surface area contributed by atoms with Crippen molar-refractivity contribution in [1.82, 2.24) is 0 Å². The molecule has 0 unspecified atom stereocenters. The molecule has 0 aliphatic rings. The molecule has 106 valence electrons. The molecule has 6 nitrogen and oxygen atoms in total. The van der Waals surface area contributed by atoms with E-state index < -0.39 is 26.8 Å². The van der Waals surface area contributed by atoms with Crippen molar-refractivity contribution in [3.8, 4) is 0 Å². The van der Waals surface area contributed by atoms with Gasteiger partial charge in [0.2, 0.25) is 10.9 Å². The number of aromatic carboxylic acids is 1.